The second-order valence-corrected chi connectivity index (χ2v) is 9.95. The zero-order valence-electron chi connectivity index (χ0n) is 19.5. The van der Waals surface area contributed by atoms with Crippen molar-refractivity contribution < 1.29 is 4.79 Å². The summed E-state index contributed by atoms with van der Waals surface area (Å²) in [6.45, 7) is 2.89. The first-order valence-corrected chi connectivity index (χ1v) is 12.3. The van der Waals surface area contributed by atoms with Crippen molar-refractivity contribution in [3.8, 4) is 0 Å². The summed E-state index contributed by atoms with van der Waals surface area (Å²) < 4.78 is 2.15. The first-order valence-electron chi connectivity index (χ1n) is 11.5. The fraction of sp³-hybridized carbons (Fsp3) is 0.385. The van der Waals surface area contributed by atoms with Crippen LogP contribution in [0.4, 0.5) is 5.69 Å². The van der Waals surface area contributed by atoms with Crippen molar-refractivity contribution in [2.75, 3.05) is 19.0 Å². The molecule has 5 rings (SSSR count). The van der Waals surface area contributed by atoms with Gasteiger partial charge in [-0.15, -0.1) is 12.4 Å². The van der Waals surface area contributed by atoms with Crippen LogP contribution < -0.4 is 4.90 Å². The lowest BCUT2D eigenvalue weighted by Gasteiger charge is -2.31. The Morgan fingerprint density at radius 1 is 1.09 bits per heavy atom. The Hall–Kier alpha value is -2.57. The Balaban J connectivity index is 0.00000259. The molecule has 0 saturated heterocycles. The minimum absolute atomic E-state index is 0. The third kappa shape index (κ3) is 4.46. The fourth-order valence-corrected chi connectivity index (χ4v) is 6.00. The van der Waals surface area contributed by atoms with Crippen molar-refractivity contribution in [3.63, 3.8) is 0 Å². The molecule has 2 aromatic carbocycles. The highest BCUT2D eigenvalue weighted by atomic mass is 35.5. The molecule has 0 radical (unpaired) electrons. The van der Waals surface area contributed by atoms with E-state index in [9.17, 15) is 4.79 Å². The van der Waals surface area contributed by atoms with Gasteiger partial charge >= 0.3 is 0 Å². The zero-order valence-corrected chi connectivity index (χ0v) is 21.1. The molecular formula is C26H31ClN4OS. The zero-order chi connectivity index (χ0) is 22.2. The maximum Gasteiger partial charge on any atom is 0.265 e. The summed E-state index contributed by atoms with van der Waals surface area (Å²) in [7, 11) is 4.08. The normalized spacial score (nSPS) is 14.4. The van der Waals surface area contributed by atoms with Crippen LogP contribution in [0.5, 0.6) is 0 Å². The minimum atomic E-state index is 0. The molecule has 0 N–H and O–H groups in total. The molecule has 1 saturated carbocycles. The fourth-order valence-electron chi connectivity index (χ4n) is 4.88. The number of carbonyl (C=O) groups excluding carboxylic acids is 1. The molecule has 0 bridgehead atoms. The molecule has 0 aliphatic heterocycles. The largest absolute Gasteiger partial charge is 0.370 e. The van der Waals surface area contributed by atoms with Gasteiger partial charge in [-0.25, -0.2) is 4.98 Å². The highest BCUT2D eigenvalue weighted by molar-refractivity contribution is 7.19. The van der Waals surface area contributed by atoms with E-state index in [2.05, 4.69) is 58.8 Å². The molecule has 33 heavy (non-hydrogen) atoms. The summed E-state index contributed by atoms with van der Waals surface area (Å²) >= 11 is 1.51. The summed E-state index contributed by atoms with van der Waals surface area (Å²) in [5.41, 5.74) is 5.43. The van der Waals surface area contributed by atoms with Crippen LogP contribution in [0.1, 0.15) is 53.0 Å². The minimum Gasteiger partial charge on any atom is -0.370 e. The van der Waals surface area contributed by atoms with Crippen LogP contribution in [0.15, 0.2) is 48.5 Å². The Labute approximate surface area is 205 Å². The molecular weight excluding hydrogens is 452 g/mol. The van der Waals surface area contributed by atoms with Gasteiger partial charge in [-0.05, 0) is 43.5 Å². The van der Waals surface area contributed by atoms with Gasteiger partial charge in [-0.1, -0.05) is 60.9 Å². The number of thiazole rings is 1. The molecule has 0 spiro atoms. The van der Waals surface area contributed by atoms with Gasteiger partial charge in [0, 0.05) is 38.1 Å². The van der Waals surface area contributed by atoms with E-state index in [1.807, 2.05) is 24.9 Å². The highest BCUT2D eigenvalue weighted by Crippen LogP contribution is 2.32. The number of carbonyl (C=O) groups is 1. The average Bonchev–Trinajstić information content (AvgIpc) is 3.35. The van der Waals surface area contributed by atoms with Gasteiger partial charge in [0.25, 0.3) is 5.91 Å². The summed E-state index contributed by atoms with van der Waals surface area (Å²) in [4.78, 5) is 24.1. The number of hydrogen-bond donors (Lipinski definition) is 0. The number of halogens is 1. The number of benzene rings is 2. The summed E-state index contributed by atoms with van der Waals surface area (Å²) in [5, 5.41) is 0. The SMILES string of the molecule is Cc1c(C(=O)N(C)C2CCCCC2)sc2nc3ccc(N(C)Cc4ccccc4)cc3n12.Cl. The summed E-state index contributed by atoms with van der Waals surface area (Å²) in [6.07, 6.45) is 5.96. The number of aryl methyl sites for hydroxylation is 1. The van der Waals surface area contributed by atoms with Crippen molar-refractivity contribution in [3.05, 3.63) is 64.7 Å². The molecule has 1 amide bonds. The predicted molar refractivity (Wildman–Crippen MR) is 140 cm³/mol. The number of nitrogens with zero attached hydrogens (tertiary/aromatic N) is 4. The van der Waals surface area contributed by atoms with Crippen LogP contribution in [0.3, 0.4) is 0 Å². The number of fused-ring (bicyclic) bond motifs is 3. The molecule has 174 valence electrons. The summed E-state index contributed by atoms with van der Waals surface area (Å²) in [6, 6.07) is 17.3. The maximum atomic E-state index is 13.3. The third-order valence-electron chi connectivity index (χ3n) is 6.80. The van der Waals surface area contributed by atoms with E-state index in [4.69, 9.17) is 4.98 Å². The molecule has 1 aliphatic carbocycles. The molecule has 1 fully saturated rings. The first-order chi connectivity index (χ1) is 15.5. The molecule has 0 unspecified atom stereocenters. The van der Waals surface area contributed by atoms with Crippen LogP contribution in [0.2, 0.25) is 0 Å². The van der Waals surface area contributed by atoms with Crippen LogP contribution >= 0.6 is 23.7 Å². The molecule has 5 nitrogen and oxygen atoms in total. The van der Waals surface area contributed by atoms with E-state index in [1.165, 1.54) is 36.2 Å². The van der Waals surface area contributed by atoms with E-state index in [-0.39, 0.29) is 18.3 Å². The second-order valence-electron chi connectivity index (χ2n) is 8.97. The second kappa shape index (κ2) is 9.74. The molecule has 4 aromatic rings. The van der Waals surface area contributed by atoms with Gasteiger partial charge in [0.1, 0.15) is 4.88 Å². The molecule has 0 atom stereocenters. The topological polar surface area (TPSA) is 40.9 Å². The van der Waals surface area contributed by atoms with Crippen molar-refractivity contribution in [2.24, 2.45) is 0 Å². The third-order valence-corrected chi connectivity index (χ3v) is 7.94. The van der Waals surface area contributed by atoms with Gasteiger partial charge < -0.3 is 9.80 Å². The van der Waals surface area contributed by atoms with Gasteiger partial charge in [0.2, 0.25) is 0 Å². The van der Waals surface area contributed by atoms with Crippen molar-refractivity contribution >= 4 is 51.3 Å². The lowest BCUT2D eigenvalue weighted by molar-refractivity contribution is 0.0700. The lowest BCUT2D eigenvalue weighted by Crippen LogP contribution is -2.38. The lowest BCUT2D eigenvalue weighted by atomic mass is 9.94. The van der Waals surface area contributed by atoms with Gasteiger partial charge in [-0.3, -0.25) is 9.20 Å². The maximum absolute atomic E-state index is 13.3. The number of rotatable bonds is 5. The molecule has 1 aliphatic rings. The standard InChI is InChI=1S/C26H30N4OS.ClH/c1-18-24(25(31)29(3)20-12-8-5-9-13-20)32-26-27-22-15-14-21(16-23(22)30(18)26)28(2)17-19-10-6-4-7-11-19;/h4,6-7,10-11,14-16,20H,5,8-9,12-13,17H2,1-3H3;1H. The van der Waals surface area contributed by atoms with E-state index in [0.29, 0.717) is 6.04 Å². The Bertz CT molecular complexity index is 1260. The van der Waals surface area contributed by atoms with Crippen LogP contribution in [0.25, 0.3) is 16.0 Å². The number of hydrogen-bond acceptors (Lipinski definition) is 4. The summed E-state index contributed by atoms with van der Waals surface area (Å²) in [5.74, 6) is 0.135. The number of imidazole rings is 1. The van der Waals surface area contributed by atoms with Crippen LogP contribution in [-0.2, 0) is 6.54 Å². The number of anilines is 1. The quantitative estimate of drug-likeness (QED) is 0.334. The van der Waals surface area contributed by atoms with E-state index < -0.39 is 0 Å². The number of amides is 1. The highest BCUT2D eigenvalue weighted by Gasteiger charge is 2.27. The Morgan fingerprint density at radius 3 is 2.55 bits per heavy atom. The number of aromatic nitrogens is 2. The van der Waals surface area contributed by atoms with Crippen molar-refractivity contribution in [1.29, 1.82) is 0 Å². The molecule has 7 heteroatoms. The molecule has 2 heterocycles. The van der Waals surface area contributed by atoms with Crippen LogP contribution in [-0.4, -0.2) is 40.3 Å². The van der Waals surface area contributed by atoms with Gasteiger partial charge in [0.05, 0.1) is 11.0 Å². The van der Waals surface area contributed by atoms with Crippen molar-refractivity contribution in [2.45, 2.75) is 51.6 Å². The van der Waals surface area contributed by atoms with E-state index >= 15 is 0 Å². The van der Waals surface area contributed by atoms with Crippen molar-refractivity contribution in [1.82, 2.24) is 14.3 Å². The predicted octanol–water partition coefficient (Wildman–Crippen LogP) is 6.32. The average molecular weight is 483 g/mol. The van der Waals surface area contributed by atoms with E-state index in [1.54, 1.807) is 0 Å². The monoisotopic (exact) mass is 482 g/mol. The first kappa shape index (κ1) is 23.6. The molecule has 2 aromatic heterocycles. The Kier molecular flexibility index (Phi) is 6.96. The van der Waals surface area contributed by atoms with E-state index in [0.717, 1.165) is 51.6 Å². The Morgan fingerprint density at radius 2 is 1.82 bits per heavy atom. The van der Waals surface area contributed by atoms with Crippen LogP contribution in [0, 0.1) is 6.92 Å². The smallest absolute Gasteiger partial charge is 0.265 e. The van der Waals surface area contributed by atoms with Gasteiger partial charge in [0.15, 0.2) is 4.96 Å². The van der Waals surface area contributed by atoms with Gasteiger partial charge in [-0.2, -0.15) is 0 Å².